The molecule has 0 aromatic heterocycles. The number of aromatic hydroxyl groups is 1. The van der Waals surface area contributed by atoms with Crippen LogP contribution in [0.2, 0.25) is 0 Å². The SMILES string of the molecule is CC(C)CC(CN(C)C)NCc1cc(Br)c(O)c(Br)c1. The summed E-state index contributed by atoms with van der Waals surface area (Å²) in [6, 6.07) is 4.38. The summed E-state index contributed by atoms with van der Waals surface area (Å²) in [7, 11) is 4.20. The zero-order valence-electron chi connectivity index (χ0n) is 12.6. The third kappa shape index (κ3) is 6.12. The van der Waals surface area contributed by atoms with E-state index >= 15 is 0 Å². The van der Waals surface area contributed by atoms with Gasteiger partial charge in [-0.25, -0.2) is 0 Å². The number of phenolic OH excluding ortho intramolecular Hbond substituents is 1. The maximum Gasteiger partial charge on any atom is 0.143 e. The molecule has 0 aliphatic heterocycles. The maximum absolute atomic E-state index is 9.73. The van der Waals surface area contributed by atoms with Gasteiger partial charge in [0, 0.05) is 19.1 Å². The van der Waals surface area contributed by atoms with Gasteiger partial charge in [-0.2, -0.15) is 0 Å². The lowest BCUT2D eigenvalue weighted by molar-refractivity contribution is 0.305. The first kappa shape index (κ1) is 18.0. The highest BCUT2D eigenvalue weighted by Crippen LogP contribution is 2.33. The van der Waals surface area contributed by atoms with Crippen molar-refractivity contribution in [3.63, 3.8) is 0 Å². The molecular formula is C15H24Br2N2O. The van der Waals surface area contributed by atoms with Crippen molar-refractivity contribution < 1.29 is 5.11 Å². The molecule has 1 aromatic carbocycles. The van der Waals surface area contributed by atoms with Crippen LogP contribution in [0, 0.1) is 5.92 Å². The van der Waals surface area contributed by atoms with Gasteiger partial charge in [0.05, 0.1) is 8.95 Å². The van der Waals surface area contributed by atoms with Crippen molar-refractivity contribution in [3.05, 3.63) is 26.6 Å². The van der Waals surface area contributed by atoms with E-state index in [2.05, 4.69) is 70.0 Å². The molecule has 0 amide bonds. The average molecular weight is 408 g/mol. The van der Waals surface area contributed by atoms with E-state index in [0.717, 1.165) is 34.0 Å². The van der Waals surface area contributed by atoms with Crippen LogP contribution in [0.1, 0.15) is 25.8 Å². The Morgan fingerprint density at radius 1 is 1.20 bits per heavy atom. The van der Waals surface area contributed by atoms with Gasteiger partial charge in [0.25, 0.3) is 0 Å². The molecule has 1 atom stereocenters. The van der Waals surface area contributed by atoms with Gasteiger partial charge in [-0.3, -0.25) is 0 Å². The number of nitrogens with one attached hydrogen (secondary N) is 1. The van der Waals surface area contributed by atoms with Crippen molar-refractivity contribution in [3.8, 4) is 5.75 Å². The van der Waals surface area contributed by atoms with E-state index in [1.54, 1.807) is 0 Å². The molecule has 0 spiro atoms. The van der Waals surface area contributed by atoms with Crippen LogP contribution in [0.25, 0.3) is 0 Å². The number of benzene rings is 1. The molecule has 114 valence electrons. The van der Waals surface area contributed by atoms with Gasteiger partial charge >= 0.3 is 0 Å². The molecule has 20 heavy (non-hydrogen) atoms. The molecule has 0 heterocycles. The van der Waals surface area contributed by atoms with Gasteiger partial charge in [0.2, 0.25) is 0 Å². The molecule has 2 N–H and O–H groups in total. The lowest BCUT2D eigenvalue weighted by Gasteiger charge is -2.24. The van der Waals surface area contributed by atoms with E-state index in [1.165, 1.54) is 0 Å². The Balaban J connectivity index is 2.66. The first-order chi connectivity index (χ1) is 9.29. The molecule has 0 saturated carbocycles. The number of phenols is 1. The smallest absolute Gasteiger partial charge is 0.143 e. The fourth-order valence-corrected chi connectivity index (χ4v) is 3.50. The van der Waals surface area contributed by atoms with Crippen molar-refractivity contribution in [2.75, 3.05) is 20.6 Å². The normalized spacial score (nSPS) is 13.2. The molecule has 0 fully saturated rings. The Morgan fingerprint density at radius 3 is 2.20 bits per heavy atom. The number of likely N-dealkylation sites (N-methyl/N-ethyl adjacent to an activating group) is 1. The molecule has 0 saturated heterocycles. The van der Waals surface area contributed by atoms with Crippen molar-refractivity contribution in [1.29, 1.82) is 0 Å². The Morgan fingerprint density at radius 2 is 1.75 bits per heavy atom. The number of hydrogen-bond acceptors (Lipinski definition) is 3. The first-order valence-electron chi connectivity index (χ1n) is 6.84. The largest absolute Gasteiger partial charge is 0.506 e. The summed E-state index contributed by atoms with van der Waals surface area (Å²) in [5, 5.41) is 13.3. The summed E-state index contributed by atoms with van der Waals surface area (Å²) >= 11 is 6.74. The highest BCUT2D eigenvalue weighted by molar-refractivity contribution is 9.11. The van der Waals surface area contributed by atoms with Gasteiger partial charge in [0.15, 0.2) is 0 Å². The fraction of sp³-hybridized carbons (Fsp3) is 0.600. The zero-order valence-corrected chi connectivity index (χ0v) is 15.8. The zero-order chi connectivity index (χ0) is 15.3. The Kier molecular flexibility index (Phi) is 7.51. The number of hydrogen-bond donors (Lipinski definition) is 2. The van der Waals surface area contributed by atoms with Crippen LogP contribution in [-0.4, -0.2) is 36.7 Å². The van der Waals surface area contributed by atoms with Gasteiger partial charge in [-0.15, -0.1) is 0 Å². The number of nitrogens with zero attached hydrogens (tertiary/aromatic N) is 1. The predicted molar refractivity (Wildman–Crippen MR) is 92.1 cm³/mol. The van der Waals surface area contributed by atoms with Crippen molar-refractivity contribution in [2.45, 2.75) is 32.9 Å². The quantitative estimate of drug-likeness (QED) is 0.717. The van der Waals surface area contributed by atoms with Gasteiger partial charge in [-0.05, 0) is 76.0 Å². The Bertz CT molecular complexity index is 403. The van der Waals surface area contributed by atoms with Crippen LogP contribution in [-0.2, 0) is 6.54 Å². The highest BCUT2D eigenvalue weighted by Gasteiger charge is 2.12. The molecule has 0 radical (unpaired) electrons. The molecule has 5 heteroatoms. The highest BCUT2D eigenvalue weighted by atomic mass is 79.9. The van der Waals surface area contributed by atoms with Crippen molar-refractivity contribution in [2.24, 2.45) is 5.92 Å². The van der Waals surface area contributed by atoms with Crippen LogP contribution in [0.3, 0.4) is 0 Å². The van der Waals surface area contributed by atoms with E-state index in [4.69, 9.17) is 0 Å². The predicted octanol–water partition coefficient (Wildman–Crippen LogP) is 3.98. The minimum absolute atomic E-state index is 0.251. The van der Waals surface area contributed by atoms with Gasteiger partial charge in [-0.1, -0.05) is 13.8 Å². The number of halogens is 2. The minimum atomic E-state index is 0.251. The topological polar surface area (TPSA) is 35.5 Å². The maximum atomic E-state index is 9.73. The van der Waals surface area contributed by atoms with Crippen LogP contribution in [0.4, 0.5) is 0 Å². The van der Waals surface area contributed by atoms with Gasteiger partial charge in [0.1, 0.15) is 5.75 Å². The summed E-state index contributed by atoms with van der Waals surface area (Å²) in [6.07, 6.45) is 1.15. The van der Waals surface area contributed by atoms with E-state index in [1.807, 2.05) is 12.1 Å². The van der Waals surface area contributed by atoms with E-state index < -0.39 is 0 Å². The van der Waals surface area contributed by atoms with Crippen LogP contribution in [0.5, 0.6) is 5.75 Å². The van der Waals surface area contributed by atoms with Gasteiger partial charge < -0.3 is 15.3 Å². The second kappa shape index (κ2) is 8.37. The van der Waals surface area contributed by atoms with Crippen molar-refractivity contribution in [1.82, 2.24) is 10.2 Å². The van der Waals surface area contributed by atoms with Crippen LogP contribution >= 0.6 is 31.9 Å². The molecule has 0 aliphatic carbocycles. The summed E-state index contributed by atoms with van der Waals surface area (Å²) in [5.74, 6) is 0.923. The third-order valence-electron chi connectivity index (χ3n) is 3.01. The van der Waals surface area contributed by atoms with E-state index in [-0.39, 0.29) is 5.75 Å². The average Bonchev–Trinajstić information content (AvgIpc) is 2.31. The summed E-state index contributed by atoms with van der Waals surface area (Å²) in [6.45, 7) is 6.32. The third-order valence-corrected chi connectivity index (χ3v) is 4.22. The second-order valence-corrected chi connectivity index (χ2v) is 7.59. The molecule has 1 rings (SSSR count). The Labute approximate surface area is 139 Å². The lowest BCUT2D eigenvalue weighted by atomic mass is 10.0. The molecule has 1 aromatic rings. The molecule has 0 aliphatic rings. The van der Waals surface area contributed by atoms with Crippen molar-refractivity contribution >= 4 is 31.9 Å². The summed E-state index contributed by atoms with van der Waals surface area (Å²) < 4.78 is 1.44. The molecule has 0 bridgehead atoms. The summed E-state index contributed by atoms with van der Waals surface area (Å²) in [5.41, 5.74) is 1.15. The molecule has 1 unspecified atom stereocenters. The van der Waals surface area contributed by atoms with Crippen LogP contribution in [0.15, 0.2) is 21.1 Å². The van der Waals surface area contributed by atoms with Crippen LogP contribution < -0.4 is 5.32 Å². The van der Waals surface area contributed by atoms with E-state index in [9.17, 15) is 5.11 Å². The molecular weight excluding hydrogens is 384 g/mol. The minimum Gasteiger partial charge on any atom is -0.506 e. The molecule has 3 nitrogen and oxygen atoms in total. The number of rotatable bonds is 7. The van der Waals surface area contributed by atoms with E-state index in [0.29, 0.717) is 12.0 Å². The summed E-state index contributed by atoms with van der Waals surface area (Å²) in [4.78, 5) is 2.21. The fourth-order valence-electron chi connectivity index (χ4n) is 2.21. The monoisotopic (exact) mass is 406 g/mol. The standard InChI is InChI=1S/C15H24Br2N2O/c1-10(2)5-12(9-19(3)4)18-8-11-6-13(16)15(20)14(17)7-11/h6-7,10,12,18,20H,5,8-9H2,1-4H3. The second-order valence-electron chi connectivity index (χ2n) is 5.88. The Hall–Kier alpha value is -0.100. The first-order valence-corrected chi connectivity index (χ1v) is 8.43. The lowest BCUT2D eigenvalue weighted by Crippen LogP contribution is -2.38.